The number of nitrogens with one attached hydrogen (secondary N) is 1. The number of amides is 1. The van der Waals surface area contributed by atoms with E-state index in [-0.39, 0.29) is 24.6 Å². The molecule has 1 N–H and O–H groups in total. The molecule has 2 aromatic carbocycles. The number of hydrogen-bond donors (Lipinski definition) is 1. The van der Waals surface area contributed by atoms with Crippen molar-refractivity contribution >= 4 is 27.3 Å². The highest BCUT2D eigenvalue weighted by atomic mass is 32.2. The van der Waals surface area contributed by atoms with Crippen LogP contribution in [-0.2, 0) is 14.8 Å². The summed E-state index contributed by atoms with van der Waals surface area (Å²) in [5, 5.41) is 2.75. The average Bonchev–Trinajstić information content (AvgIpc) is 2.50. The zero-order valence-electron chi connectivity index (χ0n) is 14.4. The molecule has 0 saturated heterocycles. The lowest BCUT2D eigenvalue weighted by atomic mass is 10.1. The van der Waals surface area contributed by atoms with Gasteiger partial charge < -0.3 is 5.32 Å². The van der Waals surface area contributed by atoms with Gasteiger partial charge in [-0.25, -0.2) is 12.8 Å². The molecular formula is C18H21FN2O3S. The number of nitrogens with zero attached hydrogens (tertiary/aromatic N) is 1. The van der Waals surface area contributed by atoms with Crippen LogP contribution in [0.3, 0.4) is 0 Å². The fourth-order valence-electron chi connectivity index (χ4n) is 2.36. The third-order valence-electron chi connectivity index (χ3n) is 3.83. The number of anilines is 2. The maximum atomic E-state index is 13.4. The van der Waals surface area contributed by atoms with Crippen molar-refractivity contribution in [2.45, 2.75) is 20.3 Å². The molecule has 7 heteroatoms. The van der Waals surface area contributed by atoms with Crippen molar-refractivity contribution in [3.8, 4) is 0 Å². The number of aryl methyl sites for hydroxylation is 2. The molecule has 0 aliphatic carbocycles. The molecule has 0 aliphatic heterocycles. The SMILES string of the molecule is Cc1ccc(NC(=O)CCN(c2cccc(F)c2)S(C)(=O)=O)cc1C. The molecule has 0 spiro atoms. The largest absolute Gasteiger partial charge is 0.326 e. The van der Waals surface area contributed by atoms with E-state index in [4.69, 9.17) is 0 Å². The van der Waals surface area contributed by atoms with Gasteiger partial charge in [0.15, 0.2) is 0 Å². The monoisotopic (exact) mass is 364 g/mol. The minimum Gasteiger partial charge on any atom is -0.326 e. The van der Waals surface area contributed by atoms with Crippen LogP contribution in [-0.4, -0.2) is 27.1 Å². The van der Waals surface area contributed by atoms with Gasteiger partial charge in [0.2, 0.25) is 15.9 Å². The second-order valence-corrected chi connectivity index (χ2v) is 7.82. The maximum Gasteiger partial charge on any atom is 0.232 e. The van der Waals surface area contributed by atoms with Gasteiger partial charge in [0.05, 0.1) is 11.9 Å². The Kier molecular flexibility index (Phi) is 5.79. The zero-order chi connectivity index (χ0) is 18.6. The minimum absolute atomic E-state index is 0.0451. The van der Waals surface area contributed by atoms with Gasteiger partial charge in [0.25, 0.3) is 0 Å². The number of halogens is 1. The van der Waals surface area contributed by atoms with Gasteiger partial charge in [-0.15, -0.1) is 0 Å². The van der Waals surface area contributed by atoms with E-state index in [9.17, 15) is 17.6 Å². The lowest BCUT2D eigenvalue weighted by molar-refractivity contribution is -0.116. The van der Waals surface area contributed by atoms with Gasteiger partial charge >= 0.3 is 0 Å². The number of carbonyl (C=O) groups excluding carboxylic acids is 1. The Morgan fingerprint density at radius 1 is 1.12 bits per heavy atom. The summed E-state index contributed by atoms with van der Waals surface area (Å²) in [6, 6.07) is 10.8. The fraction of sp³-hybridized carbons (Fsp3) is 0.278. The molecule has 0 radical (unpaired) electrons. The van der Waals surface area contributed by atoms with Crippen molar-refractivity contribution in [2.24, 2.45) is 0 Å². The molecule has 134 valence electrons. The smallest absolute Gasteiger partial charge is 0.232 e. The van der Waals surface area contributed by atoms with Crippen molar-refractivity contribution < 1.29 is 17.6 Å². The fourth-order valence-corrected chi connectivity index (χ4v) is 3.28. The zero-order valence-corrected chi connectivity index (χ0v) is 15.2. The third-order valence-corrected chi connectivity index (χ3v) is 5.02. The summed E-state index contributed by atoms with van der Waals surface area (Å²) >= 11 is 0. The molecule has 0 unspecified atom stereocenters. The van der Waals surface area contributed by atoms with Crippen LogP contribution in [0.15, 0.2) is 42.5 Å². The first-order valence-electron chi connectivity index (χ1n) is 7.77. The van der Waals surface area contributed by atoms with E-state index in [1.165, 1.54) is 18.2 Å². The van der Waals surface area contributed by atoms with E-state index < -0.39 is 15.8 Å². The number of benzene rings is 2. The summed E-state index contributed by atoms with van der Waals surface area (Å²) in [4.78, 5) is 12.1. The van der Waals surface area contributed by atoms with E-state index in [2.05, 4.69) is 5.32 Å². The van der Waals surface area contributed by atoms with Crippen LogP contribution >= 0.6 is 0 Å². The van der Waals surface area contributed by atoms with Crippen molar-refractivity contribution in [3.63, 3.8) is 0 Å². The summed E-state index contributed by atoms with van der Waals surface area (Å²) in [5.41, 5.74) is 3.02. The predicted molar refractivity (Wildman–Crippen MR) is 97.8 cm³/mol. The van der Waals surface area contributed by atoms with Gasteiger partial charge in [0, 0.05) is 18.7 Å². The Hall–Kier alpha value is -2.41. The van der Waals surface area contributed by atoms with E-state index in [0.717, 1.165) is 27.8 Å². The van der Waals surface area contributed by atoms with Crippen molar-refractivity contribution in [1.82, 2.24) is 0 Å². The van der Waals surface area contributed by atoms with Gasteiger partial charge in [-0.1, -0.05) is 12.1 Å². The third kappa shape index (κ3) is 5.29. The Morgan fingerprint density at radius 2 is 1.84 bits per heavy atom. The summed E-state index contributed by atoms with van der Waals surface area (Å²) in [5.74, 6) is -0.848. The number of hydrogen-bond acceptors (Lipinski definition) is 3. The second kappa shape index (κ2) is 7.65. The Labute approximate surface area is 147 Å². The first-order chi connectivity index (χ1) is 11.7. The molecule has 2 rings (SSSR count). The minimum atomic E-state index is -3.63. The molecule has 2 aromatic rings. The number of rotatable bonds is 6. The van der Waals surface area contributed by atoms with Gasteiger partial charge in [-0.2, -0.15) is 0 Å². The molecule has 5 nitrogen and oxygen atoms in total. The highest BCUT2D eigenvalue weighted by molar-refractivity contribution is 7.92. The average molecular weight is 364 g/mol. The highest BCUT2D eigenvalue weighted by Gasteiger charge is 2.19. The lowest BCUT2D eigenvalue weighted by Crippen LogP contribution is -2.33. The van der Waals surface area contributed by atoms with Crippen LogP contribution in [0.2, 0.25) is 0 Å². The molecule has 0 heterocycles. The van der Waals surface area contributed by atoms with Gasteiger partial charge in [-0.05, 0) is 55.3 Å². The van der Waals surface area contributed by atoms with E-state index in [0.29, 0.717) is 5.69 Å². The molecule has 0 atom stereocenters. The summed E-state index contributed by atoms with van der Waals surface area (Å²) < 4.78 is 38.3. The number of sulfonamides is 1. The van der Waals surface area contributed by atoms with Crippen molar-refractivity contribution in [3.05, 3.63) is 59.4 Å². The second-order valence-electron chi connectivity index (χ2n) is 5.91. The first-order valence-corrected chi connectivity index (χ1v) is 9.62. The van der Waals surface area contributed by atoms with Crippen molar-refractivity contribution in [1.29, 1.82) is 0 Å². The van der Waals surface area contributed by atoms with Crippen LogP contribution < -0.4 is 9.62 Å². The quantitative estimate of drug-likeness (QED) is 0.856. The lowest BCUT2D eigenvalue weighted by Gasteiger charge is -2.22. The molecular weight excluding hydrogens is 343 g/mol. The van der Waals surface area contributed by atoms with E-state index >= 15 is 0 Å². The molecule has 0 saturated carbocycles. The normalized spacial score (nSPS) is 11.2. The van der Waals surface area contributed by atoms with E-state index in [1.807, 2.05) is 26.0 Å². The topological polar surface area (TPSA) is 66.5 Å². The summed E-state index contributed by atoms with van der Waals surface area (Å²) in [6.07, 6.45) is 0.982. The molecule has 0 bridgehead atoms. The van der Waals surface area contributed by atoms with Crippen LogP contribution in [0.5, 0.6) is 0 Å². The maximum absolute atomic E-state index is 13.4. The Morgan fingerprint density at radius 3 is 2.44 bits per heavy atom. The van der Waals surface area contributed by atoms with Crippen LogP contribution in [0.1, 0.15) is 17.5 Å². The molecule has 1 amide bonds. The first kappa shape index (κ1) is 18.9. The van der Waals surface area contributed by atoms with Crippen LogP contribution in [0, 0.1) is 19.7 Å². The summed E-state index contributed by atoms with van der Waals surface area (Å²) in [7, 11) is -3.63. The molecule has 0 fully saturated rings. The van der Waals surface area contributed by atoms with Gasteiger partial charge in [-0.3, -0.25) is 9.10 Å². The Balaban J connectivity index is 2.07. The Bertz CT molecular complexity index is 882. The molecule has 25 heavy (non-hydrogen) atoms. The molecule has 0 aliphatic rings. The van der Waals surface area contributed by atoms with Crippen molar-refractivity contribution in [2.75, 3.05) is 22.4 Å². The predicted octanol–water partition coefficient (Wildman–Crippen LogP) is 3.24. The van der Waals surface area contributed by atoms with Crippen LogP contribution in [0.4, 0.5) is 15.8 Å². The number of carbonyl (C=O) groups is 1. The van der Waals surface area contributed by atoms with Gasteiger partial charge in [0.1, 0.15) is 5.82 Å². The van der Waals surface area contributed by atoms with Crippen LogP contribution in [0.25, 0.3) is 0 Å². The van der Waals surface area contributed by atoms with E-state index in [1.54, 1.807) is 6.07 Å². The summed E-state index contributed by atoms with van der Waals surface area (Å²) in [6.45, 7) is 3.85. The highest BCUT2D eigenvalue weighted by Crippen LogP contribution is 2.19. The standard InChI is InChI=1S/C18H21FN2O3S/c1-13-7-8-16(11-14(13)2)20-18(22)9-10-21(25(3,23)24)17-6-4-5-15(19)12-17/h4-8,11-12H,9-10H2,1-3H3,(H,20,22). The molecule has 0 aromatic heterocycles.